The molecule has 0 unspecified atom stereocenters. The van der Waals surface area contributed by atoms with Gasteiger partial charge in [-0.05, 0) is 30.7 Å². The molecule has 0 saturated carbocycles. The number of carbonyl (C=O) groups excluding carboxylic acids is 2. The molecule has 5 rings (SSSR count). The Bertz CT molecular complexity index is 791. The molecule has 0 bridgehead atoms. The van der Waals surface area contributed by atoms with Crippen LogP contribution in [0.5, 0.6) is 0 Å². The second-order valence-electron chi connectivity index (χ2n) is 7.81. The van der Waals surface area contributed by atoms with Crippen LogP contribution in [0.15, 0.2) is 18.2 Å². The molecule has 0 N–H and O–H groups in total. The summed E-state index contributed by atoms with van der Waals surface area (Å²) in [7, 11) is 0. The Labute approximate surface area is 158 Å². The van der Waals surface area contributed by atoms with E-state index in [-0.39, 0.29) is 17.9 Å². The quantitative estimate of drug-likeness (QED) is 0.776. The predicted molar refractivity (Wildman–Crippen MR) is 98.7 cm³/mol. The first-order valence-corrected chi connectivity index (χ1v) is 9.79. The fourth-order valence-electron chi connectivity index (χ4n) is 5.15. The Morgan fingerprint density at radius 2 is 1.96 bits per heavy atom. The van der Waals surface area contributed by atoms with Crippen molar-refractivity contribution < 1.29 is 19.1 Å². The van der Waals surface area contributed by atoms with E-state index in [1.54, 1.807) is 0 Å². The van der Waals surface area contributed by atoms with Crippen LogP contribution in [-0.2, 0) is 14.3 Å². The Kier molecular flexibility index (Phi) is 3.91. The molecule has 144 valence electrons. The standard InChI is InChI=1S/C20H25N3O4/c1-14-12-15(2-3-16(14)21-6-9-26-10-7-21)19(25)22-5-4-20-17(22)13-18(24)23(20)8-11-27-20/h2-3,12,17H,4-11,13H2,1H3/t17-,20+/m1/s1. The van der Waals surface area contributed by atoms with Crippen LogP contribution in [0.3, 0.4) is 0 Å². The number of anilines is 1. The second-order valence-corrected chi connectivity index (χ2v) is 7.81. The van der Waals surface area contributed by atoms with Gasteiger partial charge in [-0.25, -0.2) is 0 Å². The van der Waals surface area contributed by atoms with Gasteiger partial charge in [-0.3, -0.25) is 9.59 Å². The van der Waals surface area contributed by atoms with Crippen molar-refractivity contribution in [2.75, 3.05) is 50.9 Å². The van der Waals surface area contributed by atoms with E-state index in [9.17, 15) is 9.59 Å². The molecule has 1 spiro atoms. The molecule has 27 heavy (non-hydrogen) atoms. The first-order valence-electron chi connectivity index (χ1n) is 9.79. The van der Waals surface area contributed by atoms with Gasteiger partial charge >= 0.3 is 0 Å². The maximum atomic E-state index is 13.2. The van der Waals surface area contributed by atoms with E-state index in [1.165, 1.54) is 0 Å². The summed E-state index contributed by atoms with van der Waals surface area (Å²) < 4.78 is 11.4. The number of amides is 2. The topological polar surface area (TPSA) is 62.3 Å². The van der Waals surface area contributed by atoms with Gasteiger partial charge in [0.05, 0.1) is 32.3 Å². The number of hydrogen-bond donors (Lipinski definition) is 0. The molecule has 1 aromatic carbocycles. The van der Waals surface area contributed by atoms with Crippen LogP contribution in [0.4, 0.5) is 5.69 Å². The summed E-state index contributed by atoms with van der Waals surface area (Å²) in [6.45, 7) is 7.12. The summed E-state index contributed by atoms with van der Waals surface area (Å²) >= 11 is 0. The van der Waals surface area contributed by atoms with Gasteiger partial charge in [-0.1, -0.05) is 0 Å². The van der Waals surface area contributed by atoms with Gasteiger partial charge in [-0.2, -0.15) is 0 Å². The summed E-state index contributed by atoms with van der Waals surface area (Å²) in [5.74, 6) is 0.104. The highest BCUT2D eigenvalue weighted by atomic mass is 16.5. The number of morpholine rings is 1. The lowest BCUT2D eigenvalue weighted by Crippen LogP contribution is -2.48. The van der Waals surface area contributed by atoms with Crippen molar-refractivity contribution in [1.82, 2.24) is 9.80 Å². The fraction of sp³-hybridized carbons (Fsp3) is 0.600. The normalized spacial score (nSPS) is 30.0. The number of carbonyl (C=O) groups is 2. The van der Waals surface area contributed by atoms with E-state index in [2.05, 4.69) is 4.90 Å². The van der Waals surface area contributed by atoms with Crippen molar-refractivity contribution in [2.24, 2.45) is 0 Å². The molecule has 4 aliphatic heterocycles. The van der Waals surface area contributed by atoms with Crippen LogP contribution in [0.25, 0.3) is 0 Å². The third-order valence-corrected chi connectivity index (χ3v) is 6.46. The second kappa shape index (κ2) is 6.21. The monoisotopic (exact) mass is 371 g/mol. The summed E-state index contributed by atoms with van der Waals surface area (Å²) in [6, 6.07) is 5.76. The van der Waals surface area contributed by atoms with Gasteiger partial charge in [-0.15, -0.1) is 0 Å². The highest BCUT2D eigenvalue weighted by molar-refractivity contribution is 5.96. The van der Waals surface area contributed by atoms with Crippen molar-refractivity contribution in [3.63, 3.8) is 0 Å². The maximum Gasteiger partial charge on any atom is 0.254 e. The zero-order chi connectivity index (χ0) is 18.6. The van der Waals surface area contributed by atoms with E-state index in [4.69, 9.17) is 9.47 Å². The molecule has 7 nitrogen and oxygen atoms in total. The molecule has 2 amide bonds. The zero-order valence-electron chi connectivity index (χ0n) is 15.6. The SMILES string of the molecule is Cc1cc(C(=O)N2CC[C@@]34OCCN3C(=O)C[C@@H]24)ccc1N1CCOCC1. The lowest BCUT2D eigenvalue weighted by molar-refractivity contribution is -0.136. The first kappa shape index (κ1) is 17.0. The fourth-order valence-corrected chi connectivity index (χ4v) is 5.15. The molecule has 4 heterocycles. The number of likely N-dealkylation sites (tertiary alicyclic amines) is 1. The minimum atomic E-state index is -0.574. The van der Waals surface area contributed by atoms with Crippen LogP contribution in [0.1, 0.15) is 28.8 Å². The summed E-state index contributed by atoms with van der Waals surface area (Å²) in [6.07, 6.45) is 1.08. The first-order chi connectivity index (χ1) is 13.1. The Morgan fingerprint density at radius 1 is 1.15 bits per heavy atom. The van der Waals surface area contributed by atoms with Crippen molar-refractivity contribution in [3.05, 3.63) is 29.3 Å². The van der Waals surface area contributed by atoms with Gasteiger partial charge in [0.2, 0.25) is 5.91 Å². The molecule has 7 heteroatoms. The number of rotatable bonds is 2. The Balaban J connectivity index is 1.38. The van der Waals surface area contributed by atoms with Crippen molar-refractivity contribution in [3.8, 4) is 0 Å². The van der Waals surface area contributed by atoms with Crippen molar-refractivity contribution in [2.45, 2.75) is 31.5 Å². The zero-order valence-corrected chi connectivity index (χ0v) is 15.6. The summed E-state index contributed by atoms with van der Waals surface area (Å²) in [5.41, 5.74) is 2.37. The van der Waals surface area contributed by atoms with Crippen LogP contribution in [-0.4, -0.2) is 79.4 Å². The highest BCUT2D eigenvalue weighted by Gasteiger charge is 2.62. The minimum absolute atomic E-state index is 0.00125. The minimum Gasteiger partial charge on any atom is -0.378 e. The van der Waals surface area contributed by atoms with E-state index in [0.717, 1.165) is 37.6 Å². The van der Waals surface area contributed by atoms with Crippen LogP contribution in [0.2, 0.25) is 0 Å². The van der Waals surface area contributed by atoms with Gasteiger partial charge in [0.1, 0.15) is 0 Å². The largest absolute Gasteiger partial charge is 0.378 e. The smallest absolute Gasteiger partial charge is 0.254 e. The van der Waals surface area contributed by atoms with Gasteiger partial charge in [0.15, 0.2) is 5.72 Å². The molecule has 4 fully saturated rings. The number of benzene rings is 1. The van der Waals surface area contributed by atoms with Crippen LogP contribution >= 0.6 is 0 Å². The number of aryl methyl sites for hydroxylation is 1. The molecule has 1 aromatic rings. The molecule has 4 aliphatic rings. The summed E-state index contributed by atoms with van der Waals surface area (Å²) in [5, 5.41) is 0. The molecule has 0 radical (unpaired) electrons. The number of ether oxygens (including phenoxy) is 2. The van der Waals surface area contributed by atoms with E-state index >= 15 is 0 Å². The third-order valence-electron chi connectivity index (χ3n) is 6.46. The van der Waals surface area contributed by atoms with Gasteiger partial charge < -0.3 is 24.2 Å². The molecular formula is C20H25N3O4. The molecule has 2 atom stereocenters. The lowest BCUT2D eigenvalue weighted by Gasteiger charge is -2.32. The van der Waals surface area contributed by atoms with Crippen molar-refractivity contribution in [1.29, 1.82) is 0 Å². The number of nitrogens with zero attached hydrogens (tertiary/aromatic N) is 3. The Morgan fingerprint density at radius 3 is 2.74 bits per heavy atom. The maximum absolute atomic E-state index is 13.2. The van der Waals surface area contributed by atoms with E-state index < -0.39 is 5.72 Å². The van der Waals surface area contributed by atoms with E-state index in [1.807, 2.05) is 34.9 Å². The molecule has 0 aromatic heterocycles. The van der Waals surface area contributed by atoms with Crippen LogP contribution < -0.4 is 4.90 Å². The number of hydrogen-bond acceptors (Lipinski definition) is 5. The average molecular weight is 371 g/mol. The van der Waals surface area contributed by atoms with E-state index in [0.29, 0.717) is 38.1 Å². The predicted octanol–water partition coefficient (Wildman–Crippen LogP) is 1.00. The third kappa shape index (κ3) is 2.48. The average Bonchev–Trinajstić information content (AvgIpc) is 3.33. The summed E-state index contributed by atoms with van der Waals surface area (Å²) in [4.78, 5) is 31.6. The highest BCUT2D eigenvalue weighted by Crippen LogP contribution is 2.46. The molecule has 4 saturated heterocycles. The van der Waals surface area contributed by atoms with Crippen LogP contribution in [0, 0.1) is 6.92 Å². The molecule has 0 aliphatic carbocycles. The van der Waals surface area contributed by atoms with Gasteiger partial charge in [0, 0.05) is 43.9 Å². The van der Waals surface area contributed by atoms with Gasteiger partial charge in [0.25, 0.3) is 5.91 Å². The lowest BCUT2D eigenvalue weighted by atomic mass is 10.0. The molecular weight excluding hydrogens is 346 g/mol. The van der Waals surface area contributed by atoms with Crippen molar-refractivity contribution >= 4 is 17.5 Å². The Hall–Kier alpha value is -2.12.